The normalized spacial score (nSPS) is 15.8. The minimum absolute atomic E-state index is 0. The monoisotopic (exact) mass is 901 g/mol. The van der Waals surface area contributed by atoms with Crippen molar-refractivity contribution in [2.24, 2.45) is 0 Å². The van der Waals surface area contributed by atoms with E-state index < -0.39 is 22.9 Å². The Hall–Kier alpha value is -6.95. The van der Waals surface area contributed by atoms with Gasteiger partial charge in [-0.3, -0.25) is 19.2 Å². The maximum Gasteiger partial charge on any atom is 0.290 e. The lowest BCUT2D eigenvalue weighted by Crippen LogP contribution is -2.63. The largest absolute Gasteiger partial charge is 0.449 e. The van der Waals surface area contributed by atoms with Crippen molar-refractivity contribution < 1.29 is 38.2 Å². The van der Waals surface area contributed by atoms with Crippen LogP contribution in [-0.4, -0.2) is 85.6 Å². The molecule has 15 heteroatoms. The Morgan fingerprint density at radius 3 is 1.53 bits per heavy atom. The average molecular weight is 902 g/mol. The molecule has 0 bridgehead atoms. The van der Waals surface area contributed by atoms with Gasteiger partial charge < -0.3 is 24.0 Å². The van der Waals surface area contributed by atoms with Gasteiger partial charge >= 0.3 is 0 Å². The Bertz CT molecular complexity index is 2840. The molecule has 2 saturated heterocycles. The summed E-state index contributed by atoms with van der Waals surface area (Å²) in [5, 5.41) is 12.0. The molecule has 346 valence electrons. The standard InChI is InChI=1S/C26H27FN4O3.C25H28FN3O3.H2/c1-5-16(6-2)19-13-20(17-7-9-18(27)10-8-17)29-21-14-22(34-23(19)21)24(32)31-12-11-30(15-28)25(33)26(31,3)4;1-5-15(6-2)18-13-19(16-7-9-17(26)10-8-16)28-20-14-21(32-22(18)20)23(30)29-12-11-27-24(31)25(29,3)4;/h7-10,13-14,16H,5-6,11-12H2,1-4H3;7-10,13-15H,5-6,11-12H2,1-4H3,(H,27,31);1H. The number of rotatable bonds is 10. The predicted octanol–water partition coefficient (Wildman–Crippen LogP) is 10.2. The minimum atomic E-state index is -1.19. The third-order valence-electron chi connectivity index (χ3n) is 13.0. The van der Waals surface area contributed by atoms with E-state index in [4.69, 9.17) is 18.8 Å². The Morgan fingerprint density at radius 2 is 1.12 bits per heavy atom. The van der Waals surface area contributed by atoms with Crippen molar-refractivity contribution in [1.29, 1.82) is 5.26 Å². The van der Waals surface area contributed by atoms with E-state index in [0.29, 0.717) is 46.7 Å². The van der Waals surface area contributed by atoms with E-state index >= 15 is 0 Å². The zero-order chi connectivity index (χ0) is 47.7. The van der Waals surface area contributed by atoms with Crippen LogP contribution in [0.5, 0.6) is 0 Å². The fourth-order valence-electron chi connectivity index (χ4n) is 8.90. The molecule has 4 aromatic heterocycles. The number of aromatic nitrogens is 2. The van der Waals surface area contributed by atoms with Crippen LogP contribution in [0.1, 0.15) is 127 Å². The molecule has 0 saturated carbocycles. The summed E-state index contributed by atoms with van der Waals surface area (Å²) in [4.78, 5) is 65.2. The molecule has 0 spiro atoms. The Balaban J connectivity index is 0.000000218. The van der Waals surface area contributed by atoms with Crippen molar-refractivity contribution >= 4 is 45.8 Å². The van der Waals surface area contributed by atoms with Gasteiger partial charge in [0.2, 0.25) is 5.91 Å². The van der Waals surface area contributed by atoms with Crippen LogP contribution in [0.2, 0.25) is 0 Å². The summed E-state index contributed by atoms with van der Waals surface area (Å²) in [5.41, 5.74) is 4.95. The van der Waals surface area contributed by atoms with Crippen LogP contribution in [0.15, 0.2) is 81.6 Å². The Labute approximate surface area is 384 Å². The summed E-state index contributed by atoms with van der Waals surface area (Å²) < 4.78 is 39.1. The van der Waals surface area contributed by atoms with Crippen molar-refractivity contribution in [3.05, 3.63) is 107 Å². The van der Waals surface area contributed by atoms with E-state index in [1.165, 1.54) is 29.2 Å². The van der Waals surface area contributed by atoms with Gasteiger partial charge in [0.25, 0.3) is 17.7 Å². The maximum absolute atomic E-state index is 13.5. The molecule has 0 aliphatic carbocycles. The number of furan rings is 2. The van der Waals surface area contributed by atoms with E-state index in [1.807, 2.05) is 18.3 Å². The number of carbonyl (C=O) groups excluding carboxylic acids is 4. The summed E-state index contributed by atoms with van der Waals surface area (Å²) >= 11 is 0. The highest BCUT2D eigenvalue weighted by molar-refractivity contribution is 6.02. The number of nitrogens with zero attached hydrogens (tertiary/aromatic N) is 6. The molecule has 4 amide bonds. The van der Waals surface area contributed by atoms with Crippen LogP contribution < -0.4 is 5.32 Å². The number of amides is 4. The highest BCUT2D eigenvalue weighted by Crippen LogP contribution is 2.38. The first-order valence-electron chi connectivity index (χ1n) is 22.5. The molecular weight excluding hydrogens is 845 g/mol. The van der Waals surface area contributed by atoms with Gasteiger partial charge in [-0.1, -0.05) is 27.7 Å². The van der Waals surface area contributed by atoms with E-state index in [1.54, 1.807) is 69.0 Å². The number of hydrogen-bond donors (Lipinski definition) is 1. The molecule has 2 aliphatic heterocycles. The molecule has 0 atom stereocenters. The summed E-state index contributed by atoms with van der Waals surface area (Å²) in [6, 6.07) is 19.5. The molecule has 66 heavy (non-hydrogen) atoms. The lowest BCUT2D eigenvalue weighted by Gasteiger charge is -2.42. The zero-order valence-electron chi connectivity index (χ0n) is 38.6. The first-order valence-corrected chi connectivity index (χ1v) is 22.5. The molecule has 2 fully saturated rings. The molecule has 6 aromatic rings. The van der Waals surface area contributed by atoms with E-state index in [2.05, 4.69) is 33.0 Å². The summed E-state index contributed by atoms with van der Waals surface area (Å²) in [7, 11) is 0. The fourth-order valence-corrected chi connectivity index (χ4v) is 8.90. The average Bonchev–Trinajstić information content (AvgIpc) is 3.95. The first kappa shape index (κ1) is 47.0. The number of benzene rings is 2. The van der Waals surface area contributed by atoms with Crippen LogP contribution in [0.25, 0.3) is 44.7 Å². The first-order chi connectivity index (χ1) is 31.5. The lowest BCUT2D eigenvalue weighted by atomic mass is 9.92. The SMILES string of the molecule is CCC(CC)c1cc(-c2ccc(F)cc2)nc2cc(C(=O)N3CCN(C#N)C(=O)C3(C)C)oc12.CCC(CC)c1cc(-c2ccc(F)cc2)nc2cc(C(=O)N3CCNC(=O)C3(C)C)oc12.[HH]. The number of halogens is 2. The van der Waals surface area contributed by atoms with Crippen LogP contribution in [-0.2, 0) is 9.59 Å². The van der Waals surface area contributed by atoms with Crippen LogP contribution >= 0.6 is 0 Å². The number of piperazine rings is 2. The number of fused-ring (bicyclic) bond motifs is 2. The second-order valence-corrected chi connectivity index (χ2v) is 17.7. The van der Waals surface area contributed by atoms with E-state index in [0.717, 1.165) is 52.8 Å². The molecule has 2 aliphatic rings. The minimum Gasteiger partial charge on any atom is -0.449 e. The van der Waals surface area contributed by atoms with Gasteiger partial charge in [-0.25, -0.2) is 23.6 Å². The van der Waals surface area contributed by atoms with Crippen molar-refractivity contribution in [3.63, 3.8) is 0 Å². The second-order valence-electron chi connectivity index (χ2n) is 17.7. The van der Waals surface area contributed by atoms with Gasteiger partial charge in [0.15, 0.2) is 28.9 Å². The molecule has 1 N–H and O–H groups in total. The van der Waals surface area contributed by atoms with Crippen molar-refractivity contribution in [2.75, 3.05) is 26.2 Å². The molecule has 0 radical (unpaired) electrons. The van der Waals surface area contributed by atoms with Crippen molar-refractivity contribution in [2.45, 2.75) is 104 Å². The molecule has 2 aromatic carbocycles. The molecular formula is C51H57F2N7O6. The van der Waals surface area contributed by atoms with Gasteiger partial charge in [-0.15, -0.1) is 0 Å². The van der Waals surface area contributed by atoms with E-state index in [-0.39, 0.29) is 61.3 Å². The van der Waals surface area contributed by atoms with Gasteiger partial charge in [-0.2, -0.15) is 5.26 Å². The third kappa shape index (κ3) is 8.88. The predicted molar refractivity (Wildman–Crippen MR) is 248 cm³/mol. The fraction of sp³-hybridized carbons (Fsp3) is 0.392. The number of nitrogens with one attached hydrogen (secondary N) is 1. The Kier molecular flexibility index (Phi) is 13.4. The maximum atomic E-state index is 13.5. The van der Waals surface area contributed by atoms with Crippen LogP contribution in [0, 0.1) is 23.1 Å². The van der Waals surface area contributed by atoms with Gasteiger partial charge in [0, 0.05) is 55.4 Å². The number of carbonyl (C=O) groups is 4. The van der Waals surface area contributed by atoms with Gasteiger partial charge in [0.05, 0.1) is 17.9 Å². The topological polar surface area (TPSA) is 166 Å². The summed E-state index contributed by atoms with van der Waals surface area (Å²) in [6.07, 6.45) is 5.44. The quantitative estimate of drug-likeness (QED) is 0.132. The van der Waals surface area contributed by atoms with Crippen molar-refractivity contribution in [3.8, 4) is 28.7 Å². The highest BCUT2D eigenvalue weighted by Gasteiger charge is 2.46. The molecule has 0 unspecified atom stereocenters. The van der Waals surface area contributed by atoms with Crippen molar-refractivity contribution in [1.82, 2.24) is 30.0 Å². The molecule has 6 heterocycles. The number of nitriles is 1. The Morgan fingerprint density at radius 1 is 0.697 bits per heavy atom. The third-order valence-corrected chi connectivity index (χ3v) is 13.0. The zero-order valence-corrected chi connectivity index (χ0v) is 38.6. The van der Waals surface area contributed by atoms with Gasteiger partial charge in [0.1, 0.15) is 33.7 Å². The number of pyridine rings is 2. The summed E-state index contributed by atoms with van der Waals surface area (Å²) in [5.74, 6) is -1.33. The smallest absolute Gasteiger partial charge is 0.290 e. The van der Waals surface area contributed by atoms with Gasteiger partial charge in [-0.05, 0) is 126 Å². The number of hydrogen-bond acceptors (Lipinski definition) is 9. The molecule has 13 nitrogen and oxygen atoms in total. The van der Waals surface area contributed by atoms with Crippen LogP contribution in [0.3, 0.4) is 0 Å². The summed E-state index contributed by atoms with van der Waals surface area (Å²) in [6.45, 7) is 16.3. The second kappa shape index (κ2) is 18.9. The highest BCUT2D eigenvalue weighted by atomic mass is 19.1. The molecule has 8 rings (SSSR count). The van der Waals surface area contributed by atoms with E-state index in [9.17, 15) is 33.2 Å². The van der Waals surface area contributed by atoms with Crippen LogP contribution in [0.4, 0.5) is 8.78 Å². The lowest BCUT2D eigenvalue weighted by molar-refractivity contribution is -0.142.